The second kappa shape index (κ2) is 8.99. The van der Waals surface area contributed by atoms with E-state index in [1.165, 1.54) is 10.5 Å². The summed E-state index contributed by atoms with van der Waals surface area (Å²) in [6.07, 6.45) is 2.61. The van der Waals surface area contributed by atoms with Gasteiger partial charge in [0.05, 0.1) is 0 Å². The molecule has 1 amide bonds. The Hall–Kier alpha value is -1.00. The predicted molar refractivity (Wildman–Crippen MR) is 82.4 cm³/mol. The van der Waals surface area contributed by atoms with Gasteiger partial charge in [0.15, 0.2) is 0 Å². The second-order valence-corrected chi connectivity index (χ2v) is 5.85. The van der Waals surface area contributed by atoms with Crippen molar-refractivity contribution in [2.24, 2.45) is 5.92 Å². The van der Waals surface area contributed by atoms with Crippen LogP contribution < -0.4 is 10.6 Å². The number of rotatable bonds is 8. The molecule has 3 nitrogen and oxygen atoms in total. The van der Waals surface area contributed by atoms with Gasteiger partial charge in [0.2, 0.25) is 5.91 Å². The molecule has 0 aromatic heterocycles. The smallest absolute Gasteiger partial charge is 0.221 e. The van der Waals surface area contributed by atoms with Crippen molar-refractivity contribution in [3.05, 3.63) is 29.8 Å². The van der Waals surface area contributed by atoms with E-state index in [1.54, 1.807) is 11.8 Å². The number of carbonyl (C=O) groups excluding carboxylic acids is 1. The van der Waals surface area contributed by atoms with Crippen LogP contribution in [-0.2, 0) is 11.3 Å². The van der Waals surface area contributed by atoms with Crippen molar-refractivity contribution in [1.29, 1.82) is 0 Å². The van der Waals surface area contributed by atoms with Crippen molar-refractivity contribution < 1.29 is 4.79 Å². The first-order chi connectivity index (χ1) is 9.11. The number of thioether (sulfide) groups is 1. The first kappa shape index (κ1) is 16.1. The van der Waals surface area contributed by atoms with E-state index in [0.29, 0.717) is 18.9 Å². The molecular weight excluding hydrogens is 256 g/mol. The van der Waals surface area contributed by atoms with Gasteiger partial charge in [-0.15, -0.1) is 11.8 Å². The maximum absolute atomic E-state index is 11.5. The van der Waals surface area contributed by atoms with Crippen LogP contribution in [0.25, 0.3) is 0 Å². The highest BCUT2D eigenvalue weighted by Crippen LogP contribution is 2.14. The van der Waals surface area contributed by atoms with E-state index < -0.39 is 0 Å². The van der Waals surface area contributed by atoms with Gasteiger partial charge < -0.3 is 10.6 Å². The van der Waals surface area contributed by atoms with Gasteiger partial charge in [0.25, 0.3) is 0 Å². The van der Waals surface area contributed by atoms with Crippen LogP contribution in [0.2, 0.25) is 0 Å². The minimum atomic E-state index is 0.124. The number of amides is 1. The molecule has 0 spiro atoms. The van der Waals surface area contributed by atoms with Crippen molar-refractivity contribution in [2.75, 3.05) is 19.3 Å². The molecule has 1 aromatic rings. The molecule has 0 atom stereocenters. The zero-order valence-corrected chi connectivity index (χ0v) is 12.8. The summed E-state index contributed by atoms with van der Waals surface area (Å²) in [5, 5.41) is 6.20. The van der Waals surface area contributed by atoms with Crippen LogP contribution in [0.5, 0.6) is 0 Å². The molecule has 0 unspecified atom stereocenters. The Morgan fingerprint density at radius 2 is 1.95 bits per heavy atom. The lowest BCUT2D eigenvalue weighted by Crippen LogP contribution is -2.30. The van der Waals surface area contributed by atoms with Gasteiger partial charge in [-0.3, -0.25) is 4.79 Å². The predicted octanol–water partition coefficient (Wildman–Crippen LogP) is 2.66. The highest BCUT2D eigenvalue weighted by molar-refractivity contribution is 7.98. The quantitative estimate of drug-likeness (QED) is 0.568. The lowest BCUT2D eigenvalue weighted by Gasteiger charge is -2.08. The number of carbonyl (C=O) groups is 1. The van der Waals surface area contributed by atoms with Crippen LogP contribution in [0.1, 0.15) is 25.8 Å². The maximum Gasteiger partial charge on any atom is 0.221 e. The van der Waals surface area contributed by atoms with E-state index >= 15 is 0 Å². The Balaban J connectivity index is 2.14. The van der Waals surface area contributed by atoms with Gasteiger partial charge >= 0.3 is 0 Å². The van der Waals surface area contributed by atoms with Crippen molar-refractivity contribution >= 4 is 17.7 Å². The van der Waals surface area contributed by atoms with Crippen LogP contribution in [0.3, 0.4) is 0 Å². The number of hydrogen-bond donors (Lipinski definition) is 2. The molecule has 0 aliphatic heterocycles. The summed E-state index contributed by atoms with van der Waals surface area (Å²) in [4.78, 5) is 12.8. The first-order valence-corrected chi connectivity index (χ1v) is 7.94. The van der Waals surface area contributed by atoms with Gasteiger partial charge in [-0.05, 0) is 29.9 Å². The van der Waals surface area contributed by atoms with E-state index in [9.17, 15) is 4.79 Å². The zero-order valence-electron chi connectivity index (χ0n) is 12.0. The van der Waals surface area contributed by atoms with Gasteiger partial charge in [0.1, 0.15) is 0 Å². The SMILES string of the molecule is CSc1ccc(CNCCC(=O)NCC(C)C)cc1. The highest BCUT2D eigenvalue weighted by Gasteiger charge is 2.01. The Morgan fingerprint density at radius 3 is 2.53 bits per heavy atom. The summed E-state index contributed by atoms with van der Waals surface area (Å²) < 4.78 is 0. The van der Waals surface area contributed by atoms with Crippen LogP contribution in [0.4, 0.5) is 0 Å². The van der Waals surface area contributed by atoms with Crippen LogP contribution in [-0.4, -0.2) is 25.3 Å². The molecule has 0 heterocycles. The fraction of sp³-hybridized carbons (Fsp3) is 0.533. The maximum atomic E-state index is 11.5. The first-order valence-electron chi connectivity index (χ1n) is 6.72. The summed E-state index contributed by atoms with van der Waals surface area (Å²) >= 11 is 1.74. The van der Waals surface area contributed by atoms with Crippen molar-refractivity contribution in [3.8, 4) is 0 Å². The third-order valence-electron chi connectivity index (χ3n) is 2.72. The molecule has 4 heteroatoms. The van der Waals surface area contributed by atoms with Gasteiger partial charge in [-0.25, -0.2) is 0 Å². The fourth-order valence-corrected chi connectivity index (χ4v) is 1.99. The van der Waals surface area contributed by atoms with Gasteiger partial charge in [0, 0.05) is 31.0 Å². The summed E-state index contributed by atoms with van der Waals surface area (Å²) in [5.41, 5.74) is 1.25. The average Bonchev–Trinajstić information content (AvgIpc) is 2.42. The molecule has 0 radical (unpaired) electrons. The molecule has 0 aliphatic carbocycles. The third-order valence-corrected chi connectivity index (χ3v) is 3.47. The molecule has 1 rings (SSSR count). The lowest BCUT2D eigenvalue weighted by molar-refractivity contribution is -0.121. The van der Waals surface area contributed by atoms with Crippen LogP contribution in [0, 0.1) is 5.92 Å². The summed E-state index contributed by atoms with van der Waals surface area (Å²) in [6.45, 7) is 6.48. The van der Waals surface area contributed by atoms with E-state index in [0.717, 1.165) is 13.1 Å². The van der Waals surface area contributed by atoms with Crippen LogP contribution in [0.15, 0.2) is 29.2 Å². The third kappa shape index (κ3) is 7.23. The molecule has 1 aromatic carbocycles. The number of nitrogens with one attached hydrogen (secondary N) is 2. The molecule has 2 N–H and O–H groups in total. The molecule has 0 aliphatic rings. The minimum absolute atomic E-state index is 0.124. The standard InChI is InChI=1S/C15H24N2OS/c1-12(2)10-17-15(18)8-9-16-11-13-4-6-14(19-3)7-5-13/h4-7,12,16H,8-11H2,1-3H3,(H,17,18). The van der Waals surface area contributed by atoms with Crippen LogP contribution >= 0.6 is 11.8 Å². The molecule has 19 heavy (non-hydrogen) atoms. The molecule has 0 bridgehead atoms. The topological polar surface area (TPSA) is 41.1 Å². The largest absolute Gasteiger partial charge is 0.356 e. The van der Waals surface area contributed by atoms with Gasteiger partial charge in [-0.1, -0.05) is 26.0 Å². The second-order valence-electron chi connectivity index (χ2n) is 4.97. The zero-order chi connectivity index (χ0) is 14.1. The van der Waals surface area contributed by atoms with Crippen molar-refractivity contribution in [1.82, 2.24) is 10.6 Å². The number of hydrogen-bond acceptors (Lipinski definition) is 3. The minimum Gasteiger partial charge on any atom is -0.356 e. The Kier molecular flexibility index (Phi) is 7.60. The number of benzene rings is 1. The lowest BCUT2D eigenvalue weighted by atomic mass is 10.2. The van der Waals surface area contributed by atoms with E-state index in [-0.39, 0.29) is 5.91 Å². The molecule has 106 valence electrons. The molecule has 0 saturated carbocycles. The van der Waals surface area contributed by atoms with E-state index in [4.69, 9.17) is 0 Å². The van der Waals surface area contributed by atoms with Gasteiger partial charge in [-0.2, -0.15) is 0 Å². The Labute approximate surface area is 120 Å². The normalized spacial score (nSPS) is 10.7. The average molecular weight is 280 g/mol. The van der Waals surface area contributed by atoms with Crippen molar-refractivity contribution in [2.45, 2.75) is 31.7 Å². The highest BCUT2D eigenvalue weighted by atomic mass is 32.2. The molecule has 0 saturated heterocycles. The molecule has 0 fully saturated rings. The van der Waals surface area contributed by atoms with E-state index in [2.05, 4.69) is 55.0 Å². The van der Waals surface area contributed by atoms with Crippen molar-refractivity contribution in [3.63, 3.8) is 0 Å². The summed E-state index contributed by atoms with van der Waals surface area (Å²) in [5.74, 6) is 0.630. The van der Waals surface area contributed by atoms with E-state index in [1.807, 2.05) is 0 Å². The monoisotopic (exact) mass is 280 g/mol. The molecular formula is C15H24N2OS. The Bertz CT molecular complexity index is 376. The Morgan fingerprint density at radius 1 is 1.26 bits per heavy atom. The summed E-state index contributed by atoms with van der Waals surface area (Å²) in [6, 6.07) is 8.49. The fourth-order valence-electron chi connectivity index (χ4n) is 1.58. The summed E-state index contributed by atoms with van der Waals surface area (Å²) in [7, 11) is 0.